The van der Waals surface area contributed by atoms with Gasteiger partial charge in [0.2, 0.25) is 0 Å². The maximum atomic E-state index is 10.8. The van der Waals surface area contributed by atoms with Crippen molar-refractivity contribution >= 4 is 5.91 Å². The number of hydrazine groups is 1. The third kappa shape index (κ3) is 3.19. The lowest BCUT2D eigenvalue weighted by molar-refractivity contribution is -0.131. The van der Waals surface area contributed by atoms with Crippen LogP contribution in [-0.2, 0) is 9.53 Å². The van der Waals surface area contributed by atoms with Crippen molar-refractivity contribution in [2.24, 2.45) is 11.8 Å². The van der Waals surface area contributed by atoms with E-state index in [9.17, 15) is 4.79 Å². The summed E-state index contributed by atoms with van der Waals surface area (Å²) in [4.78, 5) is 10.8. The molecule has 0 radical (unpaired) electrons. The highest BCUT2D eigenvalue weighted by Crippen LogP contribution is 2.32. The number of nitrogens with two attached hydrogens (primary N) is 1. The highest BCUT2D eigenvalue weighted by molar-refractivity contribution is 5.79. The lowest BCUT2D eigenvalue weighted by Crippen LogP contribution is -2.39. The van der Waals surface area contributed by atoms with Crippen LogP contribution in [0.4, 0.5) is 0 Å². The first-order valence-corrected chi connectivity index (χ1v) is 4.36. The molecule has 0 aliphatic heterocycles. The van der Waals surface area contributed by atoms with Gasteiger partial charge in [-0.2, -0.15) is 0 Å². The number of amides is 1. The van der Waals surface area contributed by atoms with Gasteiger partial charge in [0, 0.05) is 6.61 Å². The fourth-order valence-corrected chi connectivity index (χ4v) is 1.01. The quantitative estimate of drug-likeness (QED) is 0.353. The third-order valence-electron chi connectivity index (χ3n) is 2.10. The molecule has 1 unspecified atom stereocenters. The third-order valence-corrected chi connectivity index (χ3v) is 2.10. The molecule has 0 spiro atoms. The second-order valence-corrected chi connectivity index (χ2v) is 3.25. The highest BCUT2D eigenvalue weighted by Gasteiger charge is 2.21. The average molecular weight is 172 g/mol. The fourth-order valence-electron chi connectivity index (χ4n) is 1.01. The molecule has 0 aromatic carbocycles. The molecule has 3 N–H and O–H groups in total. The maximum Gasteiger partial charge on any atom is 0.262 e. The summed E-state index contributed by atoms with van der Waals surface area (Å²) in [7, 11) is 0. The lowest BCUT2D eigenvalue weighted by Gasteiger charge is -2.10. The lowest BCUT2D eigenvalue weighted by atomic mass is 10.3. The minimum atomic E-state index is -0.422. The topological polar surface area (TPSA) is 64.3 Å². The Kier molecular flexibility index (Phi) is 3.49. The Bertz CT molecular complexity index is 157. The number of carbonyl (C=O) groups is 1. The fraction of sp³-hybridized carbons (Fsp3) is 0.875. The van der Waals surface area contributed by atoms with Crippen molar-refractivity contribution in [2.75, 3.05) is 6.61 Å². The Morgan fingerprint density at radius 3 is 2.92 bits per heavy atom. The van der Waals surface area contributed by atoms with Crippen LogP contribution in [0.25, 0.3) is 0 Å². The van der Waals surface area contributed by atoms with E-state index >= 15 is 0 Å². The van der Waals surface area contributed by atoms with Crippen molar-refractivity contribution in [1.29, 1.82) is 0 Å². The first-order valence-electron chi connectivity index (χ1n) is 4.36. The molecule has 1 aliphatic carbocycles. The van der Waals surface area contributed by atoms with Gasteiger partial charge in [0.15, 0.2) is 0 Å². The van der Waals surface area contributed by atoms with Crippen LogP contribution in [0.1, 0.15) is 26.2 Å². The summed E-state index contributed by atoms with van der Waals surface area (Å²) in [6.07, 6.45) is 3.29. The predicted octanol–water partition coefficient (Wildman–Crippen LogP) is 0.182. The zero-order chi connectivity index (χ0) is 8.97. The van der Waals surface area contributed by atoms with Crippen LogP contribution in [-0.4, -0.2) is 18.6 Å². The summed E-state index contributed by atoms with van der Waals surface area (Å²) in [5, 5.41) is 0. The van der Waals surface area contributed by atoms with E-state index in [0.717, 1.165) is 12.3 Å². The molecular weight excluding hydrogens is 156 g/mol. The van der Waals surface area contributed by atoms with E-state index in [1.165, 1.54) is 12.8 Å². The van der Waals surface area contributed by atoms with E-state index in [1.54, 1.807) is 6.92 Å². The van der Waals surface area contributed by atoms with Crippen molar-refractivity contribution < 1.29 is 9.53 Å². The summed E-state index contributed by atoms with van der Waals surface area (Å²) in [6.45, 7) is 2.37. The summed E-state index contributed by atoms with van der Waals surface area (Å²) in [5.41, 5.74) is 2.05. The van der Waals surface area contributed by atoms with Gasteiger partial charge in [0.05, 0.1) is 0 Å². The summed E-state index contributed by atoms with van der Waals surface area (Å²) in [6, 6.07) is 0. The van der Waals surface area contributed by atoms with Crippen molar-refractivity contribution in [3.8, 4) is 0 Å². The van der Waals surface area contributed by atoms with E-state index in [4.69, 9.17) is 10.6 Å². The standard InChI is InChI=1S/C8H16N2O2/c1-6(8(11)10-9)12-5-4-7-2-3-7/h6-7H,2-5,9H2,1H3,(H,10,11). The number of rotatable bonds is 5. The molecule has 4 heteroatoms. The molecule has 70 valence electrons. The van der Waals surface area contributed by atoms with Gasteiger partial charge in [-0.25, -0.2) is 5.84 Å². The van der Waals surface area contributed by atoms with Gasteiger partial charge in [-0.15, -0.1) is 0 Å². The Morgan fingerprint density at radius 2 is 2.42 bits per heavy atom. The zero-order valence-corrected chi connectivity index (χ0v) is 7.38. The normalized spacial score (nSPS) is 18.8. The smallest absolute Gasteiger partial charge is 0.262 e. The van der Waals surface area contributed by atoms with E-state index in [-0.39, 0.29) is 5.91 Å². The van der Waals surface area contributed by atoms with Crippen LogP contribution >= 0.6 is 0 Å². The zero-order valence-electron chi connectivity index (χ0n) is 7.38. The van der Waals surface area contributed by atoms with Crippen LogP contribution in [0.5, 0.6) is 0 Å². The number of ether oxygens (including phenoxy) is 1. The molecule has 0 saturated heterocycles. The van der Waals surface area contributed by atoms with Gasteiger partial charge in [0.1, 0.15) is 6.10 Å². The van der Waals surface area contributed by atoms with Gasteiger partial charge < -0.3 is 4.74 Å². The Hall–Kier alpha value is -0.610. The molecule has 0 aromatic rings. The van der Waals surface area contributed by atoms with Crippen LogP contribution in [0.2, 0.25) is 0 Å². The molecule has 12 heavy (non-hydrogen) atoms. The maximum absolute atomic E-state index is 10.8. The van der Waals surface area contributed by atoms with Gasteiger partial charge in [0.25, 0.3) is 5.91 Å². The minimum Gasteiger partial charge on any atom is -0.369 e. The molecule has 0 heterocycles. The van der Waals surface area contributed by atoms with Gasteiger partial charge in [-0.05, 0) is 19.3 Å². The summed E-state index contributed by atoms with van der Waals surface area (Å²) in [5.74, 6) is 5.52. The largest absolute Gasteiger partial charge is 0.369 e. The minimum absolute atomic E-state index is 0.259. The Labute approximate surface area is 72.4 Å². The van der Waals surface area contributed by atoms with Crippen LogP contribution in [0.15, 0.2) is 0 Å². The first-order chi connectivity index (χ1) is 5.74. The van der Waals surface area contributed by atoms with Crippen molar-refractivity contribution in [3.63, 3.8) is 0 Å². The average Bonchev–Trinajstić information content (AvgIpc) is 2.86. The molecule has 4 nitrogen and oxygen atoms in total. The molecule has 1 aliphatic rings. The van der Waals surface area contributed by atoms with Crippen LogP contribution < -0.4 is 11.3 Å². The first kappa shape index (κ1) is 9.48. The highest BCUT2D eigenvalue weighted by atomic mass is 16.5. The van der Waals surface area contributed by atoms with Gasteiger partial charge in [-0.3, -0.25) is 10.2 Å². The Balaban J connectivity index is 2.00. The van der Waals surface area contributed by atoms with Crippen molar-refractivity contribution in [3.05, 3.63) is 0 Å². The SMILES string of the molecule is CC(OCCC1CC1)C(=O)NN. The molecule has 1 saturated carbocycles. The van der Waals surface area contributed by atoms with Crippen molar-refractivity contribution in [1.82, 2.24) is 5.43 Å². The summed E-state index contributed by atoms with van der Waals surface area (Å²) >= 11 is 0. The predicted molar refractivity (Wildman–Crippen MR) is 45.1 cm³/mol. The number of hydrogen-bond donors (Lipinski definition) is 2. The monoisotopic (exact) mass is 172 g/mol. The van der Waals surface area contributed by atoms with Crippen LogP contribution in [0.3, 0.4) is 0 Å². The van der Waals surface area contributed by atoms with Crippen LogP contribution in [0, 0.1) is 5.92 Å². The molecular formula is C8H16N2O2. The summed E-state index contributed by atoms with van der Waals surface area (Å²) < 4.78 is 5.25. The molecule has 1 rings (SSSR count). The number of carbonyl (C=O) groups excluding carboxylic acids is 1. The van der Waals surface area contributed by atoms with Gasteiger partial charge >= 0.3 is 0 Å². The Morgan fingerprint density at radius 1 is 1.75 bits per heavy atom. The van der Waals surface area contributed by atoms with E-state index in [0.29, 0.717) is 6.61 Å². The van der Waals surface area contributed by atoms with E-state index in [2.05, 4.69) is 5.43 Å². The second-order valence-electron chi connectivity index (χ2n) is 3.25. The molecule has 1 fully saturated rings. The molecule has 0 bridgehead atoms. The molecule has 0 aromatic heterocycles. The van der Waals surface area contributed by atoms with Crippen molar-refractivity contribution in [2.45, 2.75) is 32.3 Å². The van der Waals surface area contributed by atoms with E-state index in [1.807, 2.05) is 0 Å². The molecule has 1 amide bonds. The second kappa shape index (κ2) is 4.42. The van der Waals surface area contributed by atoms with Gasteiger partial charge in [-0.1, -0.05) is 12.8 Å². The number of nitrogens with one attached hydrogen (secondary N) is 1. The van der Waals surface area contributed by atoms with E-state index < -0.39 is 6.10 Å². The molecule has 1 atom stereocenters. The number of hydrogen-bond acceptors (Lipinski definition) is 3.